The molecule has 1 heterocycles. The van der Waals surface area contributed by atoms with Crippen LogP contribution in [-0.2, 0) is 4.79 Å². The van der Waals surface area contributed by atoms with Gasteiger partial charge >= 0.3 is 0 Å². The number of amides is 2. The molecular formula is C27H36N4O4. The van der Waals surface area contributed by atoms with Gasteiger partial charge in [-0.2, -0.15) is 5.10 Å². The minimum Gasteiger partial charge on any atom is -0.497 e. The van der Waals surface area contributed by atoms with Crippen LogP contribution < -0.4 is 20.2 Å². The molecular weight excluding hydrogens is 444 g/mol. The molecule has 3 rings (SSSR count). The van der Waals surface area contributed by atoms with Crippen LogP contribution in [-0.4, -0.2) is 62.8 Å². The molecule has 1 aliphatic rings. The second kappa shape index (κ2) is 14.1. The molecule has 0 aliphatic carbocycles. The molecule has 0 bridgehead atoms. The highest BCUT2D eigenvalue weighted by Crippen LogP contribution is 2.22. The standard InChI is InChI=1S/C27H36N4O4/c1-34-23-14-15-25(35-2)22(19-23)20-29-30-27(33)24(31-17-9-4-10-18-31)13-7-8-16-28-26(32)21-11-5-3-6-12-21/h3,5-6,11-12,14-15,19-20,24H,4,7-10,13,16-18H2,1-2H3,(H,28,32)(H,30,33)/b29-20+/t24-/m0/s1. The van der Waals surface area contributed by atoms with Crippen LogP contribution in [0, 0.1) is 0 Å². The van der Waals surface area contributed by atoms with Crippen LogP contribution in [0.5, 0.6) is 11.5 Å². The topological polar surface area (TPSA) is 92.3 Å². The van der Waals surface area contributed by atoms with E-state index in [0.717, 1.165) is 44.3 Å². The zero-order valence-electron chi connectivity index (χ0n) is 20.7. The number of piperidine rings is 1. The minimum atomic E-state index is -0.246. The molecule has 35 heavy (non-hydrogen) atoms. The Balaban J connectivity index is 1.53. The van der Waals surface area contributed by atoms with Crippen LogP contribution >= 0.6 is 0 Å². The first-order chi connectivity index (χ1) is 17.1. The van der Waals surface area contributed by atoms with Crippen LogP contribution in [0.1, 0.15) is 54.4 Å². The third-order valence-electron chi connectivity index (χ3n) is 6.18. The van der Waals surface area contributed by atoms with Crippen molar-refractivity contribution < 1.29 is 19.1 Å². The van der Waals surface area contributed by atoms with E-state index in [1.165, 1.54) is 6.42 Å². The van der Waals surface area contributed by atoms with Gasteiger partial charge in [-0.05, 0) is 75.5 Å². The molecule has 0 radical (unpaired) electrons. The fourth-order valence-corrected chi connectivity index (χ4v) is 4.25. The lowest BCUT2D eigenvalue weighted by molar-refractivity contribution is -0.127. The van der Waals surface area contributed by atoms with E-state index in [9.17, 15) is 9.59 Å². The van der Waals surface area contributed by atoms with Crippen molar-refractivity contribution in [1.29, 1.82) is 0 Å². The molecule has 1 atom stereocenters. The number of hydrogen-bond acceptors (Lipinski definition) is 6. The van der Waals surface area contributed by atoms with E-state index in [2.05, 4.69) is 20.7 Å². The molecule has 1 aliphatic heterocycles. The number of hydrazone groups is 1. The van der Waals surface area contributed by atoms with Crippen molar-refractivity contribution >= 4 is 18.0 Å². The van der Waals surface area contributed by atoms with Crippen molar-refractivity contribution in [2.75, 3.05) is 33.9 Å². The quantitative estimate of drug-likeness (QED) is 0.275. The summed E-state index contributed by atoms with van der Waals surface area (Å²) in [5.74, 6) is 1.15. The predicted molar refractivity (Wildman–Crippen MR) is 137 cm³/mol. The number of rotatable bonds is 12. The summed E-state index contributed by atoms with van der Waals surface area (Å²) < 4.78 is 10.6. The lowest BCUT2D eigenvalue weighted by Gasteiger charge is -2.33. The van der Waals surface area contributed by atoms with Crippen molar-refractivity contribution in [2.45, 2.75) is 44.6 Å². The normalized spacial score (nSPS) is 14.9. The average molecular weight is 481 g/mol. The number of methoxy groups -OCH3 is 2. The summed E-state index contributed by atoms with van der Waals surface area (Å²) in [6.45, 7) is 2.41. The van der Waals surface area contributed by atoms with Gasteiger partial charge in [-0.25, -0.2) is 5.43 Å². The molecule has 1 saturated heterocycles. The summed E-state index contributed by atoms with van der Waals surface area (Å²) >= 11 is 0. The van der Waals surface area contributed by atoms with Crippen LogP contribution in [0.4, 0.5) is 0 Å². The first-order valence-corrected chi connectivity index (χ1v) is 12.2. The summed E-state index contributed by atoms with van der Waals surface area (Å²) in [6.07, 6.45) is 7.32. The number of nitrogens with one attached hydrogen (secondary N) is 2. The number of hydrogen-bond donors (Lipinski definition) is 2. The Bertz CT molecular complexity index is 974. The third-order valence-corrected chi connectivity index (χ3v) is 6.18. The monoisotopic (exact) mass is 480 g/mol. The Morgan fingerprint density at radius 3 is 2.51 bits per heavy atom. The van der Waals surface area contributed by atoms with E-state index in [1.54, 1.807) is 44.7 Å². The zero-order valence-corrected chi connectivity index (χ0v) is 20.7. The zero-order chi connectivity index (χ0) is 24.9. The van der Waals surface area contributed by atoms with E-state index in [0.29, 0.717) is 30.0 Å². The number of unbranched alkanes of at least 4 members (excludes halogenated alkanes) is 1. The first kappa shape index (κ1) is 26.2. The molecule has 2 aromatic carbocycles. The number of benzene rings is 2. The SMILES string of the molecule is COc1ccc(OC)c(/C=N/NC(=O)[C@H](CCCCNC(=O)c2ccccc2)N2CCCCC2)c1. The van der Waals surface area contributed by atoms with Gasteiger partial charge in [-0.3, -0.25) is 14.5 Å². The summed E-state index contributed by atoms with van der Waals surface area (Å²) in [5.41, 5.74) is 4.10. The van der Waals surface area contributed by atoms with Gasteiger partial charge in [0.05, 0.1) is 26.5 Å². The minimum absolute atomic E-state index is 0.0711. The summed E-state index contributed by atoms with van der Waals surface area (Å²) in [7, 11) is 3.19. The molecule has 2 N–H and O–H groups in total. The van der Waals surface area contributed by atoms with Crippen LogP contribution in [0.25, 0.3) is 0 Å². The summed E-state index contributed by atoms with van der Waals surface area (Å²) in [6, 6.07) is 14.4. The maximum absolute atomic E-state index is 13.1. The molecule has 2 aromatic rings. The summed E-state index contributed by atoms with van der Waals surface area (Å²) in [4.78, 5) is 27.5. The van der Waals surface area contributed by atoms with Gasteiger partial charge in [-0.1, -0.05) is 24.6 Å². The third kappa shape index (κ3) is 8.10. The van der Waals surface area contributed by atoms with E-state index < -0.39 is 0 Å². The van der Waals surface area contributed by atoms with E-state index in [1.807, 2.05) is 24.3 Å². The summed E-state index contributed by atoms with van der Waals surface area (Å²) in [5, 5.41) is 7.15. The number of carbonyl (C=O) groups is 2. The maximum atomic E-state index is 13.1. The molecule has 0 aromatic heterocycles. The van der Waals surface area contributed by atoms with Crippen LogP contribution in [0.15, 0.2) is 53.6 Å². The van der Waals surface area contributed by atoms with Gasteiger partial charge < -0.3 is 14.8 Å². The number of nitrogens with zero attached hydrogens (tertiary/aromatic N) is 2. The Labute approximate surface area is 207 Å². The van der Waals surface area contributed by atoms with E-state index in [4.69, 9.17) is 9.47 Å². The second-order valence-electron chi connectivity index (χ2n) is 8.57. The van der Waals surface area contributed by atoms with Crippen molar-refractivity contribution in [3.63, 3.8) is 0 Å². The Morgan fingerprint density at radius 2 is 1.80 bits per heavy atom. The van der Waals surface area contributed by atoms with E-state index in [-0.39, 0.29) is 17.9 Å². The van der Waals surface area contributed by atoms with Crippen molar-refractivity contribution in [1.82, 2.24) is 15.6 Å². The Morgan fingerprint density at radius 1 is 1.03 bits per heavy atom. The van der Waals surface area contributed by atoms with E-state index >= 15 is 0 Å². The smallest absolute Gasteiger partial charge is 0.257 e. The lowest BCUT2D eigenvalue weighted by Crippen LogP contribution is -2.47. The van der Waals surface area contributed by atoms with Crippen molar-refractivity contribution in [2.24, 2.45) is 5.10 Å². The highest BCUT2D eigenvalue weighted by Gasteiger charge is 2.26. The first-order valence-electron chi connectivity index (χ1n) is 12.2. The van der Waals surface area contributed by atoms with Gasteiger partial charge in [0.15, 0.2) is 0 Å². The van der Waals surface area contributed by atoms with Crippen molar-refractivity contribution in [3.05, 3.63) is 59.7 Å². The Hall–Kier alpha value is -3.39. The highest BCUT2D eigenvalue weighted by atomic mass is 16.5. The highest BCUT2D eigenvalue weighted by molar-refractivity contribution is 5.94. The van der Waals surface area contributed by atoms with Crippen LogP contribution in [0.3, 0.4) is 0 Å². The largest absolute Gasteiger partial charge is 0.497 e. The van der Waals surface area contributed by atoms with Gasteiger partial charge in [-0.15, -0.1) is 0 Å². The molecule has 1 fully saturated rings. The Kier molecular flexibility index (Phi) is 10.6. The molecule has 0 spiro atoms. The number of carbonyl (C=O) groups excluding carboxylic acids is 2. The molecule has 2 amide bonds. The van der Waals surface area contributed by atoms with Crippen molar-refractivity contribution in [3.8, 4) is 11.5 Å². The lowest BCUT2D eigenvalue weighted by atomic mass is 10.0. The average Bonchev–Trinajstić information content (AvgIpc) is 2.91. The molecule has 0 unspecified atom stereocenters. The number of likely N-dealkylation sites (tertiary alicyclic amines) is 1. The predicted octanol–water partition coefficient (Wildman–Crippen LogP) is 3.61. The fourth-order valence-electron chi connectivity index (χ4n) is 4.25. The van der Waals surface area contributed by atoms with Gasteiger partial charge in [0.25, 0.3) is 11.8 Å². The number of ether oxygens (including phenoxy) is 2. The molecule has 8 heteroatoms. The van der Waals surface area contributed by atoms with Gasteiger partial charge in [0.1, 0.15) is 11.5 Å². The second-order valence-corrected chi connectivity index (χ2v) is 8.57. The molecule has 8 nitrogen and oxygen atoms in total. The van der Waals surface area contributed by atoms with Gasteiger partial charge in [0.2, 0.25) is 0 Å². The molecule has 0 saturated carbocycles. The maximum Gasteiger partial charge on any atom is 0.257 e. The molecule has 188 valence electrons. The van der Waals surface area contributed by atoms with Crippen LogP contribution in [0.2, 0.25) is 0 Å². The van der Waals surface area contributed by atoms with Gasteiger partial charge in [0, 0.05) is 17.7 Å². The fraction of sp³-hybridized carbons (Fsp3) is 0.444.